The maximum absolute atomic E-state index is 13.8. The molecule has 5 aromatic rings. The minimum atomic E-state index is -0.951. The molecule has 3 heterocycles. The van der Waals surface area contributed by atoms with Gasteiger partial charge in [0.25, 0.3) is 0 Å². The molecule has 0 amide bonds. The van der Waals surface area contributed by atoms with Crippen LogP contribution >= 0.6 is 11.6 Å². The van der Waals surface area contributed by atoms with E-state index in [-0.39, 0.29) is 11.2 Å². The van der Waals surface area contributed by atoms with E-state index in [1.807, 2.05) is 46.6 Å². The van der Waals surface area contributed by atoms with E-state index in [0.717, 1.165) is 75.4 Å². The molecule has 1 aliphatic heterocycles. The van der Waals surface area contributed by atoms with Gasteiger partial charge in [0.2, 0.25) is 0 Å². The number of aryl methyl sites for hydroxylation is 3. The van der Waals surface area contributed by atoms with Crippen LogP contribution < -0.4 is 4.74 Å². The quantitative estimate of drug-likeness (QED) is 0.188. The standard InChI is InChI=1S/C35H35ClFN3O4/c1-3-28-31-27(38-39(28)2)19-43-20-35(13-14-35)15-16-40-32-25(11-12-26(36)30(31)32)24(33(40)34(41)42)7-5-17-44-29-8-4-6-21-18-22(37)9-10-23(21)29/h4,6,8-12,18H,3,5,7,13-17,19-20H2,1-2H3,(H,41,42). The Morgan fingerprint density at radius 2 is 1.95 bits per heavy atom. The van der Waals surface area contributed by atoms with Crippen LogP contribution in [-0.2, 0) is 37.8 Å². The van der Waals surface area contributed by atoms with Crippen molar-refractivity contribution in [3.05, 3.63) is 82.0 Å². The van der Waals surface area contributed by atoms with E-state index in [1.165, 1.54) is 12.1 Å². The molecule has 1 saturated carbocycles. The first-order valence-corrected chi connectivity index (χ1v) is 15.7. The van der Waals surface area contributed by atoms with E-state index in [4.69, 9.17) is 26.2 Å². The van der Waals surface area contributed by atoms with Gasteiger partial charge in [0, 0.05) is 41.2 Å². The van der Waals surface area contributed by atoms with Crippen molar-refractivity contribution in [2.45, 2.75) is 58.6 Å². The highest BCUT2D eigenvalue weighted by Gasteiger charge is 2.43. The van der Waals surface area contributed by atoms with Gasteiger partial charge in [0.1, 0.15) is 17.3 Å². The van der Waals surface area contributed by atoms with E-state index in [2.05, 4.69) is 6.92 Å². The van der Waals surface area contributed by atoms with Gasteiger partial charge in [-0.25, -0.2) is 9.18 Å². The van der Waals surface area contributed by atoms with Crippen molar-refractivity contribution < 1.29 is 23.8 Å². The summed E-state index contributed by atoms with van der Waals surface area (Å²) in [4.78, 5) is 13.0. The van der Waals surface area contributed by atoms with Crippen LogP contribution in [0.4, 0.5) is 4.39 Å². The Morgan fingerprint density at radius 1 is 1.14 bits per heavy atom. The van der Waals surface area contributed by atoms with E-state index >= 15 is 0 Å². The van der Waals surface area contributed by atoms with Gasteiger partial charge < -0.3 is 19.1 Å². The number of aromatic nitrogens is 3. The monoisotopic (exact) mass is 615 g/mol. The lowest BCUT2D eigenvalue weighted by molar-refractivity contribution is 0.0670. The first-order chi connectivity index (χ1) is 21.3. The van der Waals surface area contributed by atoms with Crippen LogP contribution in [0.15, 0.2) is 48.5 Å². The van der Waals surface area contributed by atoms with Crippen LogP contribution in [0.25, 0.3) is 32.8 Å². The highest BCUT2D eigenvalue weighted by atomic mass is 35.5. The summed E-state index contributed by atoms with van der Waals surface area (Å²) in [5.41, 5.74) is 5.64. The summed E-state index contributed by atoms with van der Waals surface area (Å²) in [7, 11) is 1.94. The Hall–Kier alpha value is -3.88. The zero-order valence-corrected chi connectivity index (χ0v) is 25.7. The zero-order valence-electron chi connectivity index (χ0n) is 25.0. The molecule has 7 rings (SSSR count). The molecule has 1 fully saturated rings. The molecule has 228 valence electrons. The number of carboxylic acids is 1. The average Bonchev–Trinajstić information content (AvgIpc) is 3.60. The number of fused-ring (bicyclic) bond motifs is 3. The van der Waals surface area contributed by atoms with E-state index in [1.54, 1.807) is 6.07 Å². The number of rotatable bonds is 7. The predicted molar refractivity (Wildman–Crippen MR) is 169 cm³/mol. The Morgan fingerprint density at radius 3 is 2.73 bits per heavy atom. The molecule has 9 heteroatoms. The molecular weight excluding hydrogens is 581 g/mol. The van der Waals surface area contributed by atoms with Crippen molar-refractivity contribution in [3.63, 3.8) is 0 Å². The number of benzene rings is 3. The Balaban J connectivity index is 1.31. The molecule has 3 aromatic carbocycles. The second-order valence-corrected chi connectivity index (χ2v) is 12.6. The molecule has 7 nitrogen and oxygen atoms in total. The summed E-state index contributed by atoms with van der Waals surface area (Å²) in [6, 6.07) is 14.1. The molecule has 1 aliphatic carbocycles. The van der Waals surface area contributed by atoms with Gasteiger partial charge in [-0.05, 0) is 85.2 Å². The van der Waals surface area contributed by atoms with Gasteiger partial charge in [-0.15, -0.1) is 0 Å². The molecule has 1 N–H and O–H groups in total. The van der Waals surface area contributed by atoms with E-state index < -0.39 is 5.97 Å². The smallest absolute Gasteiger partial charge is 0.352 e. The van der Waals surface area contributed by atoms with Crippen molar-refractivity contribution in [2.75, 3.05) is 13.2 Å². The average molecular weight is 616 g/mol. The number of hydrogen-bond acceptors (Lipinski definition) is 4. The summed E-state index contributed by atoms with van der Waals surface area (Å²) in [5.74, 6) is -0.560. The number of hydrogen-bond donors (Lipinski definition) is 1. The predicted octanol–water partition coefficient (Wildman–Crippen LogP) is 7.96. The maximum Gasteiger partial charge on any atom is 0.352 e. The fourth-order valence-electron chi connectivity index (χ4n) is 7.00. The molecule has 1 spiro atoms. The lowest BCUT2D eigenvalue weighted by Gasteiger charge is -2.17. The van der Waals surface area contributed by atoms with Crippen molar-refractivity contribution >= 4 is 39.2 Å². The molecule has 0 atom stereocenters. The zero-order chi connectivity index (χ0) is 30.6. The van der Waals surface area contributed by atoms with Gasteiger partial charge in [0.15, 0.2) is 0 Å². The summed E-state index contributed by atoms with van der Waals surface area (Å²) in [5, 5.41) is 18.6. The van der Waals surface area contributed by atoms with Gasteiger partial charge in [-0.1, -0.05) is 36.7 Å². The largest absolute Gasteiger partial charge is 0.493 e. The Labute approximate surface area is 260 Å². The fraction of sp³-hybridized carbons (Fsp3) is 0.371. The lowest BCUT2D eigenvalue weighted by Crippen LogP contribution is -2.17. The first kappa shape index (κ1) is 28.9. The van der Waals surface area contributed by atoms with Gasteiger partial charge in [0.05, 0.1) is 36.1 Å². The maximum atomic E-state index is 13.8. The van der Waals surface area contributed by atoms with Crippen molar-refractivity contribution in [2.24, 2.45) is 12.5 Å². The molecule has 0 radical (unpaired) electrons. The number of halogens is 2. The molecule has 0 unspecified atom stereocenters. The number of nitrogens with zero attached hydrogens (tertiary/aromatic N) is 3. The van der Waals surface area contributed by atoms with E-state index in [9.17, 15) is 14.3 Å². The van der Waals surface area contributed by atoms with E-state index in [0.29, 0.717) is 55.7 Å². The normalized spacial score (nSPS) is 15.8. The molecule has 0 bridgehead atoms. The SMILES string of the molecule is CCc1c2c(nn1C)COCC1(CCn3c(C(=O)O)c(CCCOc4cccc5cc(F)ccc45)c4ccc(Cl)c-2c43)CC1. The minimum Gasteiger partial charge on any atom is -0.493 e. The molecular formula is C35H35ClFN3O4. The van der Waals surface area contributed by atoms with Gasteiger partial charge in [-0.3, -0.25) is 4.68 Å². The van der Waals surface area contributed by atoms with Crippen LogP contribution in [0.5, 0.6) is 5.75 Å². The number of carbonyl (C=O) groups is 1. The van der Waals surface area contributed by atoms with Crippen LogP contribution in [0, 0.1) is 11.2 Å². The Bertz CT molecular complexity index is 1920. The second kappa shape index (κ2) is 11.2. The summed E-state index contributed by atoms with van der Waals surface area (Å²) in [6.45, 7) is 4.06. The summed E-state index contributed by atoms with van der Waals surface area (Å²) < 4.78 is 30.1. The third kappa shape index (κ3) is 4.94. The highest BCUT2D eigenvalue weighted by Crippen LogP contribution is 2.51. The van der Waals surface area contributed by atoms with Crippen LogP contribution in [0.3, 0.4) is 0 Å². The summed E-state index contributed by atoms with van der Waals surface area (Å²) in [6.07, 6.45) is 4.84. The fourth-order valence-corrected chi connectivity index (χ4v) is 7.25. The second-order valence-electron chi connectivity index (χ2n) is 12.2. The highest BCUT2D eigenvalue weighted by molar-refractivity contribution is 6.35. The van der Waals surface area contributed by atoms with Gasteiger partial charge >= 0.3 is 5.97 Å². The molecule has 2 aliphatic rings. The topological polar surface area (TPSA) is 78.5 Å². The van der Waals surface area contributed by atoms with Crippen molar-refractivity contribution in [3.8, 4) is 16.9 Å². The number of ether oxygens (including phenoxy) is 2. The molecule has 2 aromatic heterocycles. The van der Waals surface area contributed by atoms with Crippen molar-refractivity contribution in [1.82, 2.24) is 14.3 Å². The minimum absolute atomic E-state index is 0.0628. The molecule has 0 saturated heterocycles. The lowest BCUT2D eigenvalue weighted by atomic mass is 9.97. The number of aromatic carboxylic acids is 1. The number of carboxylic acid groups (broad SMARTS) is 1. The molecule has 44 heavy (non-hydrogen) atoms. The Kier molecular flexibility index (Phi) is 7.37. The third-order valence-electron chi connectivity index (χ3n) is 9.40. The van der Waals surface area contributed by atoms with Gasteiger partial charge in [-0.2, -0.15) is 5.10 Å². The van der Waals surface area contributed by atoms with Crippen LogP contribution in [0.2, 0.25) is 5.02 Å². The summed E-state index contributed by atoms with van der Waals surface area (Å²) >= 11 is 7.02. The van der Waals surface area contributed by atoms with Crippen LogP contribution in [-0.4, -0.2) is 38.6 Å². The third-order valence-corrected chi connectivity index (χ3v) is 9.72. The van der Waals surface area contributed by atoms with Crippen molar-refractivity contribution in [1.29, 1.82) is 0 Å². The first-order valence-electron chi connectivity index (χ1n) is 15.3. The van der Waals surface area contributed by atoms with Crippen LogP contribution in [0.1, 0.15) is 60.0 Å².